The zero-order valence-corrected chi connectivity index (χ0v) is 17.1. The Morgan fingerprint density at radius 2 is 1.55 bits per heavy atom. The number of ether oxygens (including phenoxy) is 1. The van der Waals surface area contributed by atoms with Crippen LogP contribution in [-0.4, -0.2) is 20.5 Å². The summed E-state index contributed by atoms with van der Waals surface area (Å²) in [5, 5.41) is 0.595. The third-order valence-electron chi connectivity index (χ3n) is 5.00. The van der Waals surface area contributed by atoms with Gasteiger partial charge in [0.05, 0.1) is 11.0 Å². The van der Waals surface area contributed by atoms with Crippen LogP contribution in [-0.2, 0) is 11.3 Å². The average Bonchev–Trinajstić information content (AvgIpc) is 3.08. The summed E-state index contributed by atoms with van der Waals surface area (Å²) in [5.41, 5.74) is 10.5. The van der Waals surface area contributed by atoms with Crippen molar-refractivity contribution in [3.05, 3.63) is 95.0 Å². The number of nitrogens with zero attached hydrogens (tertiary/aromatic N) is 3. The molecule has 0 saturated carbocycles. The predicted octanol–water partition coefficient (Wildman–Crippen LogP) is 5.17. The molecule has 0 fully saturated rings. The van der Waals surface area contributed by atoms with Gasteiger partial charge >= 0.3 is 5.97 Å². The second-order valence-electron chi connectivity index (χ2n) is 7.02. The maximum absolute atomic E-state index is 13.1. The number of hydrogen-bond donors (Lipinski definition) is 1. The zero-order chi connectivity index (χ0) is 21.4. The number of aromatic nitrogens is 3. The molecule has 3 aromatic carbocycles. The number of nitrogens with two attached hydrogens (primary N) is 1. The molecule has 0 bridgehead atoms. The molecule has 5 aromatic rings. The van der Waals surface area contributed by atoms with Crippen molar-refractivity contribution in [3.8, 4) is 5.69 Å². The molecule has 0 saturated heterocycles. The van der Waals surface area contributed by atoms with E-state index in [1.807, 2.05) is 66.7 Å². The highest BCUT2D eigenvalue weighted by Crippen LogP contribution is 2.32. The molecule has 0 amide bonds. The number of fused-ring (bicyclic) bond motifs is 2. The Morgan fingerprint density at radius 3 is 2.26 bits per heavy atom. The molecular weight excluding hydrogens is 412 g/mol. The lowest BCUT2D eigenvalue weighted by atomic mass is 10.2. The first kappa shape index (κ1) is 19.1. The SMILES string of the molecule is Nc1c(C(=O)OCc2ccccc2)c2nc3ccccc3nc2n1-c1ccc(Cl)cc1. The molecule has 2 aromatic heterocycles. The second-order valence-corrected chi connectivity index (χ2v) is 7.45. The van der Waals surface area contributed by atoms with Gasteiger partial charge in [0.25, 0.3) is 0 Å². The highest BCUT2D eigenvalue weighted by Gasteiger charge is 2.26. The van der Waals surface area contributed by atoms with Crippen LogP contribution in [0.25, 0.3) is 27.9 Å². The van der Waals surface area contributed by atoms with Gasteiger partial charge in [-0.25, -0.2) is 14.8 Å². The summed E-state index contributed by atoms with van der Waals surface area (Å²) in [5.74, 6) is -0.339. The van der Waals surface area contributed by atoms with Crippen molar-refractivity contribution in [3.63, 3.8) is 0 Å². The number of nitrogen functional groups attached to an aromatic ring is 1. The van der Waals surface area contributed by atoms with Crippen LogP contribution >= 0.6 is 11.6 Å². The number of hydrogen-bond acceptors (Lipinski definition) is 5. The van der Waals surface area contributed by atoms with Crippen molar-refractivity contribution >= 4 is 45.6 Å². The molecule has 0 unspecified atom stereocenters. The maximum Gasteiger partial charge on any atom is 0.344 e. The van der Waals surface area contributed by atoms with E-state index in [4.69, 9.17) is 27.1 Å². The van der Waals surface area contributed by atoms with Gasteiger partial charge in [-0.05, 0) is 42.0 Å². The summed E-state index contributed by atoms with van der Waals surface area (Å²) in [7, 11) is 0. The first-order chi connectivity index (χ1) is 15.1. The smallest absolute Gasteiger partial charge is 0.344 e. The van der Waals surface area contributed by atoms with Gasteiger partial charge in [-0.15, -0.1) is 0 Å². The van der Waals surface area contributed by atoms with Crippen LogP contribution in [0.3, 0.4) is 0 Å². The standard InChI is InChI=1S/C24H17ClN4O2/c25-16-10-12-17(13-11-16)29-22(26)20(24(30)31-14-15-6-2-1-3-7-15)21-23(29)28-19-9-5-4-8-18(19)27-21/h1-13H,14,26H2. The summed E-state index contributed by atoms with van der Waals surface area (Å²) < 4.78 is 7.26. The van der Waals surface area contributed by atoms with E-state index in [1.165, 1.54) is 0 Å². The fraction of sp³-hybridized carbons (Fsp3) is 0.0417. The van der Waals surface area contributed by atoms with Crippen molar-refractivity contribution < 1.29 is 9.53 Å². The van der Waals surface area contributed by atoms with Crippen LogP contribution in [0.4, 0.5) is 5.82 Å². The fourth-order valence-corrected chi connectivity index (χ4v) is 3.64. The first-order valence-corrected chi connectivity index (χ1v) is 10.0. The van der Waals surface area contributed by atoms with Gasteiger partial charge in [0, 0.05) is 10.7 Å². The van der Waals surface area contributed by atoms with Crippen molar-refractivity contribution in [1.29, 1.82) is 0 Å². The van der Waals surface area contributed by atoms with Crippen LogP contribution in [0.2, 0.25) is 5.02 Å². The van der Waals surface area contributed by atoms with Crippen LogP contribution in [0, 0.1) is 0 Å². The normalized spacial score (nSPS) is 11.1. The van der Waals surface area contributed by atoms with E-state index >= 15 is 0 Å². The van der Waals surface area contributed by atoms with Gasteiger partial charge in [-0.3, -0.25) is 4.57 Å². The first-order valence-electron chi connectivity index (χ1n) is 9.65. The number of benzene rings is 3. The summed E-state index contributed by atoms with van der Waals surface area (Å²) >= 11 is 6.05. The van der Waals surface area contributed by atoms with Crippen molar-refractivity contribution in [2.24, 2.45) is 0 Å². The van der Waals surface area contributed by atoms with Gasteiger partial charge in [-0.2, -0.15) is 0 Å². The van der Waals surface area contributed by atoms with E-state index in [9.17, 15) is 4.79 Å². The van der Waals surface area contributed by atoms with E-state index in [0.29, 0.717) is 27.2 Å². The second kappa shape index (κ2) is 7.74. The summed E-state index contributed by atoms with van der Waals surface area (Å²) in [4.78, 5) is 22.5. The van der Waals surface area contributed by atoms with Crippen LogP contribution in [0.5, 0.6) is 0 Å². The molecule has 0 atom stereocenters. The number of carbonyl (C=O) groups excluding carboxylic acids is 1. The van der Waals surface area contributed by atoms with E-state index in [1.54, 1.807) is 16.7 Å². The molecule has 152 valence electrons. The fourth-order valence-electron chi connectivity index (χ4n) is 3.51. The van der Waals surface area contributed by atoms with Crippen LogP contribution in [0.1, 0.15) is 15.9 Å². The quantitative estimate of drug-likeness (QED) is 0.399. The molecule has 6 nitrogen and oxygen atoms in total. The molecule has 31 heavy (non-hydrogen) atoms. The largest absolute Gasteiger partial charge is 0.457 e. The van der Waals surface area contributed by atoms with Gasteiger partial charge in [0.15, 0.2) is 5.65 Å². The Bertz CT molecular complexity index is 1410. The molecular formula is C24H17ClN4O2. The number of rotatable bonds is 4. The summed E-state index contributed by atoms with van der Waals surface area (Å²) in [6.45, 7) is 0.133. The Morgan fingerprint density at radius 1 is 0.903 bits per heavy atom. The number of para-hydroxylation sites is 2. The lowest BCUT2D eigenvalue weighted by Crippen LogP contribution is -2.09. The molecule has 0 aliphatic heterocycles. The van der Waals surface area contributed by atoms with Crippen LogP contribution < -0.4 is 5.73 Å². The zero-order valence-electron chi connectivity index (χ0n) is 16.3. The lowest BCUT2D eigenvalue weighted by Gasteiger charge is -2.08. The van der Waals surface area contributed by atoms with E-state index in [-0.39, 0.29) is 18.0 Å². The monoisotopic (exact) mass is 428 g/mol. The van der Waals surface area contributed by atoms with Crippen molar-refractivity contribution in [2.75, 3.05) is 5.73 Å². The molecule has 2 N–H and O–H groups in total. The number of esters is 1. The number of carbonyl (C=O) groups is 1. The molecule has 0 aliphatic rings. The number of halogens is 1. The van der Waals surface area contributed by atoms with Crippen molar-refractivity contribution in [1.82, 2.24) is 14.5 Å². The minimum absolute atomic E-state index is 0.133. The predicted molar refractivity (Wildman–Crippen MR) is 121 cm³/mol. The summed E-state index contributed by atoms with van der Waals surface area (Å²) in [6.07, 6.45) is 0. The Hall–Kier alpha value is -3.90. The van der Waals surface area contributed by atoms with E-state index in [0.717, 1.165) is 11.3 Å². The van der Waals surface area contributed by atoms with E-state index < -0.39 is 5.97 Å². The third kappa shape index (κ3) is 3.47. The summed E-state index contributed by atoms with van der Waals surface area (Å²) in [6, 6.07) is 24.1. The Labute approximate surface area is 182 Å². The molecule has 7 heteroatoms. The van der Waals surface area contributed by atoms with Gasteiger partial charge in [0.1, 0.15) is 23.5 Å². The molecule has 0 spiro atoms. The van der Waals surface area contributed by atoms with E-state index in [2.05, 4.69) is 4.98 Å². The molecule has 0 radical (unpaired) electrons. The van der Waals surface area contributed by atoms with Crippen LogP contribution in [0.15, 0.2) is 78.9 Å². The third-order valence-corrected chi connectivity index (χ3v) is 5.25. The van der Waals surface area contributed by atoms with Crippen molar-refractivity contribution in [2.45, 2.75) is 6.61 Å². The molecule has 0 aliphatic carbocycles. The number of anilines is 1. The minimum Gasteiger partial charge on any atom is -0.457 e. The molecule has 2 heterocycles. The Balaban J connectivity index is 1.67. The van der Waals surface area contributed by atoms with Gasteiger partial charge in [0.2, 0.25) is 0 Å². The lowest BCUT2D eigenvalue weighted by molar-refractivity contribution is 0.0476. The highest BCUT2D eigenvalue weighted by molar-refractivity contribution is 6.30. The molecule has 5 rings (SSSR count). The van der Waals surface area contributed by atoms with Gasteiger partial charge in [-0.1, -0.05) is 54.1 Å². The topological polar surface area (TPSA) is 83.0 Å². The highest BCUT2D eigenvalue weighted by atomic mass is 35.5. The minimum atomic E-state index is -0.552. The Kier molecular flexibility index (Phi) is 4.76. The maximum atomic E-state index is 13.1. The average molecular weight is 429 g/mol. The van der Waals surface area contributed by atoms with Gasteiger partial charge < -0.3 is 10.5 Å².